The van der Waals surface area contributed by atoms with Gasteiger partial charge in [0.2, 0.25) is 0 Å². The number of hydrogen-bond acceptors (Lipinski definition) is 2. The van der Waals surface area contributed by atoms with Crippen LogP contribution in [-0.4, -0.2) is 22.2 Å². The van der Waals surface area contributed by atoms with E-state index in [1.54, 1.807) is 0 Å². The van der Waals surface area contributed by atoms with Crippen molar-refractivity contribution in [3.8, 4) is 0 Å². The third-order valence-electron chi connectivity index (χ3n) is 4.03. The quantitative estimate of drug-likeness (QED) is 0.747. The van der Waals surface area contributed by atoms with Crippen molar-refractivity contribution in [2.75, 3.05) is 0 Å². The SMILES string of the molecule is O=C(O)C1CC1(C(=O)O)C1CCCCC1. The van der Waals surface area contributed by atoms with Crippen LogP contribution in [0.4, 0.5) is 0 Å². The molecular formula is C11H16O4. The molecule has 2 saturated carbocycles. The van der Waals surface area contributed by atoms with Gasteiger partial charge in [-0.25, -0.2) is 0 Å². The Hall–Kier alpha value is -1.06. The van der Waals surface area contributed by atoms with Gasteiger partial charge >= 0.3 is 11.9 Å². The van der Waals surface area contributed by atoms with Crippen molar-refractivity contribution < 1.29 is 19.8 Å². The topological polar surface area (TPSA) is 74.6 Å². The van der Waals surface area contributed by atoms with E-state index in [1.807, 2.05) is 0 Å². The fourth-order valence-corrected chi connectivity index (χ4v) is 3.07. The molecule has 4 nitrogen and oxygen atoms in total. The summed E-state index contributed by atoms with van der Waals surface area (Å²) in [6.07, 6.45) is 5.36. The first-order valence-electron chi connectivity index (χ1n) is 5.55. The standard InChI is InChI=1S/C11H16O4/c12-9(13)8-6-11(8,10(14)15)7-4-2-1-3-5-7/h7-8H,1-6H2,(H,12,13)(H,14,15). The average Bonchev–Trinajstić information content (AvgIpc) is 2.95. The van der Waals surface area contributed by atoms with Crippen LogP contribution >= 0.6 is 0 Å². The predicted octanol–water partition coefficient (Wildman–Crippen LogP) is 1.74. The molecule has 2 aliphatic rings. The summed E-state index contributed by atoms with van der Waals surface area (Å²) in [5.41, 5.74) is -0.924. The summed E-state index contributed by atoms with van der Waals surface area (Å²) in [7, 11) is 0. The predicted molar refractivity (Wildman–Crippen MR) is 52.4 cm³/mol. The molecule has 2 atom stereocenters. The van der Waals surface area contributed by atoms with Gasteiger partial charge in [-0.2, -0.15) is 0 Å². The molecule has 2 fully saturated rings. The Bertz CT molecular complexity index is 293. The number of hydrogen-bond donors (Lipinski definition) is 2. The van der Waals surface area contributed by atoms with Crippen molar-refractivity contribution in [2.24, 2.45) is 17.3 Å². The van der Waals surface area contributed by atoms with Crippen molar-refractivity contribution in [2.45, 2.75) is 38.5 Å². The van der Waals surface area contributed by atoms with Gasteiger partial charge in [0, 0.05) is 0 Å². The lowest BCUT2D eigenvalue weighted by Crippen LogP contribution is -2.31. The van der Waals surface area contributed by atoms with Crippen LogP contribution in [0.1, 0.15) is 38.5 Å². The lowest BCUT2D eigenvalue weighted by molar-refractivity contribution is -0.152. The van der Waals surface area contributed by atoms with Gasteiger partial charge < -0.3 is 10.2 Å². The van der Waals surface area contributed by atoms with Crippen molar-refractivity contribution in [1.29, 1.82) is 0 Å². The molecule has 0 aromatic carbocycles. The Morgan fingerprint density at radius 3 is 2.07 bits per heavy atom. The second kappa shape index (κ2) is 3.51. The molecule has 2 N–H and O–H groups in total. The summed E-state index contributed by atoms with van der Waals surface area (Å²) in [6.45, 7) is 0. The number of aliphatic carboxylic acids is 2. The summed E-state index contributed by atoms with van der Waals surface area (Å²) < 4.78 is 0. The molecule has 0 aromatic heterocycles. The maximum atomic E-state index is 11.2. The lowest BCUT2D eigenvalue weighted by atomic mass is 9.76. The molecule has 4 heteroatoms. The largest absolute Gasteiger partial charge is 0.481 e. The molecule has 0 radical (unpaired) electrons. The van der Waals surface area contributed by atoms with E-state index in [0.717, 1.165) is 32.1 Å². The molecule has 2 aliphatic carbocycles. The zero-order chi connectivity index (χ0) is 11.1. The van der Waals surface area contributed by atoms with E-state index in [1.165, 1.54) is 0 Å². The molecule has 0 amide bonds. The highest BCUT2D eigenvalue weighted by Crippen LogP contribution is 2.61. The minimum Gasteiger partial charge on any atom is -0.481 e. The van der Waals surface area contributed by atoms with E-state index in [2.05, 4.69) is 0 Å². The summed E-state index contributed by atoms with van der Waals surface area (Å²) >= 11 is 0. The molecule has 0 heterocycles. The minimum atomic E-state index is -0.942. The monoisotopic (exact) mass is 212 g/mol. The van der Waals surface area contributed by atoms with Crippen LogP contribution < -0.4 is 0 Å². The molecule has 15 heavy (non-hydrogen) atoms. The van der Waals surface area contributed by atoms with Crippen molar-refractivity contribution in [3.63, 3.8) is 0 Å². The molecule has 0 spiro atoms. The number of carboxylic acids is 2. The zero-order valence-electron chi connectivity index (χ0n) is 8.61. The van der Waals surface area contributed by atoms with E-state index in [4.69, 9.17) is 5.11 Å². The minimum absolute atomic E-state index is 0.0878. The maximum absolute atomic E-state index is 11.2. The number of rotatable bonds is 3. The maximum Gasteiger partial charge on any atom is 0.310 e. The van der Waals surface area contributed by atoms with Crippen LogP contribution in [0.15, 0.2) is 0 Å². The molecule has 0 aliphatic heterocycles. The second-order valence-electron chi connectivity index (χ2n) is 4.78. The second-order valence-corrected chi connectivity index (χ2v) is 4.78. The molecule has 0 saturated heterocycles. The van der Waals surface area contributed by atoms with E-state index < -0.39 is 23.3 Å². The van der Waals surface area contributed by atoms with Crippen LogP contribution in [0.3, 0.4) is 0 Å². The normalized spacial score (nSPS) is 36.1. The first-order chi connectivity index (χ1) is 7.09. The molecule has 0 aromatic rings. The van der Waals surface area contributed by atoms with E-state index >= 15 is 0 Å². The van der Waals surface area contributed by atoms with Crippen molar-refractivity contribution >= 4 is 11.9 Å². The Morgan fingerprint density at radius 2 is 1.67 bits per heavy atom. The summed E-state index contributed by atoms with van der Waals surface area (Å²) in [5.74, 6) is -2.40. The van der Waals surface area contributed by atoms with Gasteiger partial charge in [0.25, 0.3) is 0 Å². The first-order valence-corrected chi connectivity index (χ1v) is 5.55. The summed E-state index contributed by atoms with van der Waals surface area (Å²) in [5, 5.41) is 18.1. The highest BCUT2D eigenvalue weighted by atomic mass is 16.4. The smallest absolute Gasteiger partial charge is 0.310 e. The Kier molecular flexibility index (Phi) is 2.44. The third kappa shape index (κ3) is 1.52. The molecule has 0 bridgehead atoms. The van der Waals surface area contributed by atoms with Gasteiger partial charge in [0.1, 0.15) is 0 Å². The van der Waals surface area contributed by atoms with Gasteiger partial charge in [-0.1, -0.05) is 19.3 Å². The van der Waals surface area contributed by atoms with Crippen molar-refractivity contribution in [1.82, 2.24) is 0 Å². The van der Waals surface area contributed by atoms with Crippen LogP contribution in [0.5, 0.6) is 0 Å². The van der Waals surface area contributed by atoms with Gasteiger partial charge in [0.05, 0.1) is 11.3 Å². The lowest BCUT2D eigenvalue weighted by Gasteiger charge is -2.27. The highest BCUT2D eigenvalue weighted by Gasteiger charge is 2.67. The van der Waals surface area contributed by atoms with Crippen LogP contribution in [0.25, 0.3) is 0 Å². The van der Waals surface area contributed by atoms with Crippen molar-refractivity contribution in [3.05, 3.63) is 0 Å². The fourth-order valence-electron chi connectivity index (χ4n) is 3.07. The van der Waals surface area contributed by atoms with E-state index in [9.17, 15) is 14.7 Å². The van der Waals surface area contributed by atoms with E-state index in [-0.39, 0.29) is 5.92 Å². The Labute approximate surface area is 88.3 Å². The van der Waals surface area contributed by atoms with Gasteiger partial charge in [-0.3, -0.25) is 9.59 Å². The summed E-state index contributed by atoms with van der Waals surface area (Å²) in [6, 6.07) is 0. The van der Waals surface area contributed by atoms with E-state index in [0.29, 0.717) is 6.42 Å². The zero-order valence-corrected chi connectivity index (χ0v) is 8.61. The van der Waals surface area contributed by atoms with Gasteiger partial charge in [-0.15, -0.1) is 0 Å². The first kappa shape index (κ1) is 10.5. The van der Waals surface area contributed by atoms with Gasteiger partial charge in [-0.05, 0) is 25.2 Å². The Balaban J connectivity index is 2.14. The fraction of sp³-hybridized carbons (Fsp3) is 0.818. The Morgan fingerprint density at radius 1 is 1.07 bits per heavy atom. The molecule has 84 valence electrons. The van der Waals surface area contributed by atoms with Crippen LogP contribution in [0.2, 0.25) is 0 Å². The van der Waals surface area contributed by atoms with Crippen LogP contribution in [-0.2, 0) is 9.59 Å². The van der Waals surface area contributed by atoms with Gasteiger partial charge in [0.15, 0.2) is 0 Å². The highest BCUT2D eigenvalue weighted by molar-refractivity contribution is 5.89. The average molecular weight is 212 g/mol. The molecular weight excluding hydrogens is 196 g/mol. The molecule has 2 rings (SSSR count). The van der Waals surface area contributed by atoms with Crippen LogP contribution in [0, 0.1) is 17.3 Å². The molecule has 2 unspecified atom stereocenters. The summed E-state index contributed by atoms with van der Waals surface area (Å²) in [4.78, 5) is 22.1. The number of carbonyl (C=O) groups is 2. The number of carboxylic acid groups (broad SMARTS) is 2. The third-order valence-corrected chi connectivity index (χ3v) is 4.03.